The van der Waals surface area contributed by atoms with E-state index in [2.05, 4.69) is 9.47 Å². The smallest absolute Gasteiger partial charge is 0.386 e. The Balaban J connectivity index is 2.14. The van der Waals surface area contributed by atoms with Crippen molar-refractivity contribution in [2.75, 3.05) is 0 Å². The van der Waals surface area contributed by atoms with E-state index in [9.17, 15) is 54.3 Å². The fraction of sp³-hybridized carbons (Fsp3) is 0.200. The molecule has 34 heavy (non-hydrogen) atoms. The SMILES string of the molecule is O=C1OC(=O)c2cc(C(c3ccc4c(c3)C(=O)OC4=O)(C(F)(F)F)C(F)(F)C(F)(F)F)ccc21. The molecule has 2 aliphatic rings. The molecule has 0 fully saturated rings. The van der Waals surface area contributed by atoms with Crippen LogP contribution in [0.3, 0.4) is 0 Å². The number of hydrogen-bond acceptors (Lipinski definition) is 6. The molecule has 0 saturated heterocycles. The Labute approximate surface area is 182 Å². The molecule has 0 radical (unpaired) electrons. The maximum atomic E-state index is 15.0. The van der Waals surface area contributed by atoms with Gasteiger partial charge in [-0.05, 0) is 35.4 Å². The number of rotatable bonds is 3. The summed E-state index contributed by atoms with van der Waals surface area (Å²) in [4.78, 5) is 46.7. The van der Waals surface area contributed by atoms with E-state index in [-0.39, 0.29) is 24.3 Å². The van der Waals surface area contributed by atoms with Crippen LogP contribution < -0.4 is 0 Å². The van der Waals surface area contributed by atoms with E-state index in [1.54, 1.807) is 0 Å². The Kier molecular flexibility index (Phi) is 4.69. The molecule has 2 aliphatic heterocycles. The Hall–Kier alpha value is -3.84. The van der Waals surface area contributed by atoms with Crippen LogP contribution in [0.1, 0.15) is 52.6 Å². The van der Waals surface area contributed by atoms with Gasteiger partial charge in [-0.15, -0.1) is 0 Å². The van der Waals surface area contributed by atoms with Crippen LogP contribution in [-0.4, -0.2) is 42.2 Å². The Bertz CT molecular complexity index is 1210. The van der Waals surface area contributed by atoms with Crippen LogP contribution in [0.2, 0.25) is 0 Å². The van der Waals surface area contributed by atoms with Gasteiger partial charge in [0.25, 0.3) is 0 Å². The first-order chi connectivity index (χ1) is 15.5. The second kappa shape index (κ2) is 6.84. The molecule has 0 unspecified atom stereocenters. The third-order valence-electron chi connectivity index (χ3n) is 5.41. The molecule has 2 aromatic carbocycles. The third-order valence-corrected chi connectivity index (χ3v) is 5.41. The maximum absolute atomic E-state index is 15.0. The fourth-order valence-electron chi connectivity index (χ4n) is 3.88. The lowest BCUT2D eigenvalue weighted by Crippen LogP contribution is -2.63. The van der Waals surface area contributed by atoms with Crippen molar-refractivity contribution >= 4 is 23.9 Å². The lowest BCUT2D eigenvalue weighted by Gasteiger charge is -2.43. The fourth-order valence-corrected chi connectivity index (χ4v) is 3.88. The first-order valence-corrected chi connectivity index (χ1v) is 8.87. The van der Waals surface area contributed by atoms with Gasteiger partial charge >= 0.3 is 42.2 Å². The number of ether oxygens (including phenoxy) is 2. The van der Waals surface area contributed by atoms with Gasteiger partial charge in [-0.1, -0.05) is 12.1 Å². The molecule has 6 nitrogen and oxygen atoms in total. The summed E-state index contributed by atoms with van der Waals surface area (Å²) in [6.07, 6.45) is -13.2. The topological polar surface area (TPSA) is 86.7 Å². The van der Waals surface area contributed by atoms with E-state index in [1.807, 2.05) is 0 Å². The second-order valence-corrected chi connectivity index (χ2v) is 7.19. The van der Waals surface area contributed by atoms with Crippen LogP contribution in [0.25, 0.3) is 0 Å². The first kappa shape index (κ1) is 23.3. The minimum atomic E-state index is -6.80. The van der Waals surface area contributed by atoms with Gasteiger partial charge in [0.1, 0.15) is 0 Å². The Morgan fingerprint density at radius 2 is 0.853 bits per heavy atom. The second-order valence-electron chi connectivity index (χ2n) is 7.19. The van der Waals surface area contributed by atoms with Crippen molar-refractivity contribution in [3.63, 3.8) is 0 Å². The number of carbonyl (C=O) groups excluding carboxylic acids is 4. The number of esters is 4. The zero-order valence-corrected chi connectivity index (χ0v) is 15.9. The molecule has 0 atom stereocenters. The van der Waals surface area contributed by atoms with Gasteiger partial charge in [-0.25, -0.2) is 19.2 Å². The van der Waals surface area contributed by atoms with Gasteiger partial charge in [-0.3, -0.25) is 0 Å². The normalized spacial score (nSPS) is 16.4. The maximum Gasteiger partial charge on any atom is 0.454 e. The highest BCUT2D eigenvalue weighted by atomic mass is 19.4. The zero-order valence-electron chi connectivity index (χ0n) is 15.9. The summed E-state index contributed by atoms with van der Waals surface area (Å²) in [6.45, 7) is 0. The zero-order chi connectivity index (χ0) is 25.4. The molecule has 0 N–H and O–H groups in total. The van der Waals surface area contributed by atoms with Gasteiger partial charge < -0.3 is 9.47 Å². The van der Waals surface area contributed by atoms with E-state index >= 15 is 0 Å². The van der Waals surface area contributed by atoms with Crippen molar-refractivity contribution in [2.45, 2.75) is 23.7 Å². The van der Waals surface area contributed by atoms with Crippen molar-refractivity contribution < 1.29 is 63.8 Å². The van der Waals surface area contributed by atoms with Crippen molar-refractivity contribution in [2.24, 2.45) is 0 Å². The predicted octanol–water partition coefficient (Wildman–Crippen LogP) is 4.35. The summed E-state index contributed by atoms with van der Waals surface area (Å²) in [7, 11) is 0. The average Bonchev–Trinajstić information content (AvgIpc) is 3.15. The van der Waals surface area contributed by atoms with Crippen LogP contribution in [0.4, 0.5) is 35.1 Å². The third kappa shape index (κ3) is 2.86. The van der Waals surface area contributed by atoms with Crippen molar-refractivity contribution in [3.05, 3.63) is 69.8 Å². The largest absolute Gasteiger partial charge is 0.454 e. The number of fused-ring (bicyclic) bond motifs is 2. The minimum Gasteiger partial charge on any atom is -0.386 e. The minimum absolute atomic E-state index is 0.0480. The van der Waals surface area contributed by atoms with E-state index in [0.717, 1.165) is 0 Å². The molecule has 0 amide bonds. The van der Waals surface area contributed by atoms with Crippen molar-refractivity contribution in [1.29, 1.82) is 0 Å². The monoisotopic (exact) mass is 494 g/mol. The van der Waals surface area contributed by atoms with E-state index < -0.39 is 80.9 Å². The molecule has 0 bridgehead atoms. The highest BCUT2D eigenvalue weighted by Gasteiger charge is 2.80. The Morgan fingerprint density at radius 1 is 0.500 bits per heavy atom. The molecule has 2 aromatic rings. The molecule has 14 heteroatoms. The quantitative estimate of drug-likeness (QED) is 0.358. The van der Waals surface area contributed by atoms with E-state index in [0.29, 0.717) is 12.1 Å². The molecular weight excluding hydrogens is 488 g/mol. The number of benzene rings is 2. The summed E-state index contributed by atoms with van der Waals surface area (Å²) in [5, 5.41) is 0. The molecule has 4 rings (SSSR count). The van der Waals surface area contributed by atoms with E-state index in [1.165, 1.54) is 0 Å². The molecule has 0 spiro atoms. The van der Waals surface area contributed by atoms with Gasteiger partial charge in [0.15, 0.2) is 5.41 Å². The van der Waals surface area contributed by atoms with Gasteiger partial charge in [0.2, 0.25) is 0 Å². The molecular formula is C20H6F8O6. The number of cyclic esters (lactones) is 4. The number of carbonyl (C=O) groups is 4. The lowest BCUT2D eigenvalue weighted by atomic mass is 9.67. The number of halogens is 8. The lowest BCUT2D eigenvalue weighted by molar-refractivity contribution is -0.348. The highest BCUT2D eigenvalue weighted by Crippen LogP contribution is 2.61. The van der Waals surface area contributed by atoms with Crippen molar-refractivity contribution in [3.8, 4) is 0 Å². The van der Waals surface area contributed by atoms with Gasteiger partial charge in [0, 0.05) is 0 Å². The highest BCUT2D eigenvalue weighted by molar-refractivity contribution is 6.15. The number of alkyl halides is 8. The standard InChI is InChI=1S/C20H6F8O6/c21-18(22,20(26,27)28)17(19(23,24)25,7-1-3-9-11(5-7)15(31)33-13(9)29)8-2-4-10-12(6-8)16(32)34-14(10)30/h1-6H. The predicted molar refractivity (Wildman–Crippen MR) is 90.2 cm³/mol. The molecule has 0 aliphatic carbocycles. The Morgan fingerprint density at radius 3 is 1.18 bits per heavy atom. The van der Waals surface area contributed by atoms with Crippen LogP contribution >= 0.6 is 0 Å². The van der Waals surface area contributed by atoms with Crippen LogP contribution in [0, 0.1) is 0 Å². The summed E-state index contributed by atoms with van der Waals surface area (Å²) in [5.41, 5.74) is -12.0. The summed E-state index contributed by atoms with van der Waals surface area (Å²) in [6, 6.07) is 1.32. The molecule has 178 valence electrons. The van der Waals surface area contributed by atoms with Gasteiger partial charge in [-0.2, -0.15) is 35.1 Å². The number of hydrogen-bond donors (Lipinski definition) is 0. The van der Waals surface area contributed by atoms with E-state index in [4.69, 9.17) is 0 Å². The molecule has 0 aromatic heterocycles. The molecule has 0 saturated carbocycles. The van der Waals surface area contributed by atoms with Crippen LogP contribution in [-0.2, 0) is 14.9 Å². The summed E-state index contributed by atoms with van der Waals surface area (Å²) < 4.78 is 122. The van der Waals surface area contributed by atoms with Crippen molar-refractivity contribution in [1.82, 2.24) is 0 Å². The first-order valence-electron chi connectivity index (χ1n) is 8.87. The average molecular weight is 494 g/mol. The summed E-state index contributed by atoms with van der Waals surface area (Å²) in [5.74, 6) is -12.4. The van der Waals surface area contributed by atoms with Crippen LogP contribution in [0.5, 0.6) is 0 Å². The summed E-state index contributed by atoms with van der Waals surface area (Å²) >= 11 is 0. The molecule has 2 heterocycles. The van der Waals surface area contributed by atoms with Crippen LogP contribution in [0.15, 0.2) is 36.4 Å². The van der Waals surface area contributed by atoms with Gasteiger partial charge in [0.05, 0.1) is 22.3 Å².